The van der Waals surface area contributed by atoms with Crippen LogP contribution in [0.1, 0.15) is 23.6 Å². The van der Waals surface area contributed by atoms with Gasteiger partial charge in [0.15, 0.2) is 0 Å². The molecule has 0 saturated carbocycles. The Hall–Kier alpha value is -2.28. The van der Waals surface area contributed by atoms with Gasteiger partial charge in [0.25, 0.3) is 0 Å². The van der Waals surface area contributed by atoms with Crippen LogP contribution in [0.4, 0.5) is 0 Å². The summed E-state index contributed by atoms with van der Waals surface area (Å²) in [5.41, 5.74) is 6.38. The lowest BCUT2D eigenvalue weighted by Gasteiger charge is -2.15. The minimum absolute atomic E-state index is 0.959. The van der Waals surface area contributed by atoms with Gasteiger partial charge in [0.05, 0.1) is 7.11 Å². The van der Waals surface area contributed by atoms with E-state index in [1.165, 1.54) is 38.6 Å². The van der Waals surface area contributed by atoms with Crippen molar-refractivity contribution in [3.8, 4) is 16.9 Å². The topological polar surface area (TPSA) is 9.23 Å². The average molecular weight is 290 g/mol. The summed E-state index contributed by atoms with van der Waals surface area (Å²) >= 11 is 0. The number of hydrogen-bond donors (Lipinski definition) is 0. The minimum Gasteiger partial charge on any atom is -0.496 e. The maximum Gasteiger partial charge on any atom is 0.126 e. The Labute approximate surface area is 132 Å². The monoisotopic (exact) mass is 290 g/mol. The van der Waals surface area contributed by atoms with Gasteiger partial charge in [-0.1, -0.05) is 37.3 Å². The van der Waals surface area contributed by atoms with Crippen molar-refractivity contribution in [2.24, 2.45) is 0 Å². The van der Waals surface area contributed by atoms with Crippen molar-refractivity contribution in [1.82, 2.24) is 0 Å². The summed E-state index contributed by atoms with van der Waals surface area (Å²) < 4.78 is 5.66. The first-order valence-electron chi connectivity index (χ1n) is 7.81. The fraction of sp³-hybridized carbons (Fsp3) is 0.238. The Morgan fingerprint density at radius 2 is 1.50 bits per heavy atom. The molecule has 1 nitrogen and oxygen atoms in total. The third-order valence-corrected chi connectivity index (χ3v) is 4.42. The Bertz CT molecular complexity index is 831. The lowest BCUT2D eigenvalue weighted by molar-refractivity contribution is 0.416. The molecule has 1 heteroatoms. The highest BCUT2D eigenvalue weighted by molar-refractivity contribution is 5.90. The number of benzene rings is 3. The number of ether oxygens (including phenoxy) is 1. The van der Waals surface area contributed by atoms with E-state index in [0.717, 1.165) is 12.2 Å². The second-order valence-electron chi connectivity index (χ2n) is 5.85. The van der Waals surface area contributed by atoms with E-state index in [1.54, 1.807) is 7.11 Å². The SMILES string of the molecule is CCc1cc(OC)c(-c2cc3ccccc3cc2C)cc1C. The molecular formula is C21H22O. The first-order valence-corrected chi connectivity index (χ1v) is 7.81. The molecule has 0 saturated heterocycles. The van der Waals surface area contributed by atoms with E-state index < -0.39 is 0 Å². The normalized spacial score (nSPS) is 10.9. The number of fused-ring (bicyclic) bond motifs is 1. The van der Waals surface area contributed by atoms with Gasteiger partial charge in [0.2, 0.25) is 0 Å². The van der Waals surface area contributed by atoms with Gasteiger partial charge in [-0.3, -0.25) is 0 Å². The highest BCUT2D eigenvalue weighted by Crippen LogP contribution is 2.36. The van der Waals surface area contributed by atoms with E-state index in [1.807, 2.05) is 0 Å². The molecule has 0 spiro atoms. The Morgan fingerprint density at radius 1 is 0.818 bits per heavy atom. The van der Waals surface area contributed by atoms with Crippen LogP contribution in [0.25, 0.3) is 21.9 Å². The van der Waals surface area contributed by atoms with Crippen LogP contribution >= 0.6 is 0 Å². The summed E-state index contributed by atoms with van der Waals surface area (Å²) in [6, 6.07) is 17.5. The van der Waals surface area contributed by atoms with Gasteiger partial charge in [0.1, 0.15) is 5.75 Å². The molecule has 0 aliphatic rings. The summed E-state index contributed by atoms with van der Waals surface area (Å²) in [5.74, 6) is 0.959. The maximum absolute atomic E-state index is 5.66. The van der Waals surface area contributed by atoms with Gasteiger partial charge in [-0.05, 0) is 71.5 Å². The highest BCUT2D eigenvalue weighted by atomic mass is 16.5. The van der Waals surface area contributed by atoms with Gasteiger partial charge in [-0.2, -0.15) is 0 Å². The average Bonchev–Trinajstić information content (AvgIpc) is 2.54. The standard InChI is InChI=1S/C21H22O/c1-5-16-13-21(22-4)20(11-14(16)2)19-12-18-9-7-6-8-17(18)10-15(19)3/h6-13H,5H2,1-4H3. The van der Waals surface area contributed by atoms with Crippen LogP contribution in [0.3, 0.4) is 0 Å². The molecule has 0 atom stereocenters. The largest absolute Gasteiger partial charge is 0.496 e. The number of methoxy groups -OCH3 is 1. The van der Waals surface area contributed by atoms with Crippen LogP contribution in [-0.4, -0.2) is 7.11 Å². The molecule has 0 fully saturated rings. The van der Waals surface area contributed by atoms with E-state index in [2.05, 4.69) is 69.3 Å². The van der Waals surface area contributed by atoms with Crippen LogP contribution in [0.15, 0.2) is 48.5 Å². The van der Waals surface area contributed by atoms with E-state index in [4.69, 9.17) is 4.74 Å². The molecule has 3 aromatic rings. The lowest BCUT2D eigenvalue weighted by atomic mass is 9.93. The first kappa shape index (κ1) is 14.6. The number of hydrogen-bond acceptors (Lipinski definition) is 1. The molecule has 0 unspecified atom stereocenters. The van der Waals surface area contributed by atoms with Crippen LogP contribution in [0.5, 0.6) is 5.75 Å². The van der Waals surface area contributed by atoms with Crippen LogP contribution in [0.2, 0.25) is 0 Å². The number of rotatable bonds is 3. The smallest absolute Gasteiger partial charge is 0.126 e. The van der Waals surface area contributed by atoms with Crippen molar-refractivity contribution in [3.63, 3.8) is 0 Å². The van der Waals surface area contributed by atoms with Gasteiger partial charge in [-0.15, -0.1) is 0 Å². The molecule has 112 valence electrons. The maximum atomic E-state index is 5.66. The Balaban J connectivity index is 2.26. The zero-order valence-electron chi connectivity index (χ0n) is 13.7. The van der Waals surface area contributed by atoms with Gasteiger partial charge >= 0.3 is 0 Å². The van der Waals surface area contributed by atoms with Crippen molar-refractivity contribution in [2.45, 2.75) is 27.2 Å². The molecule has 0 amide bonds. The molecule has 0 heterocycles. The van der Waals surface area contributed by atoms with E-state index >= 15 is 0 Å². The summed E-state index contributed by atoms with van der Waals surface area (Å²) in [7, 11) is 1.75. The van der Waals surface area contributed by atoms with Crippen molar-refractivity contribution < 1.29 is 4.74 Å². The summed E-state index contributed by atoms with van der Waals surface area (Å²) in [6.07, 6.45) is 1.03. The molecule has 22 heavy (non-hydrogen) atoms. The fourth-order valence-corrected chi connectivity index (χ4v) is 3.13. The molecule has 0 bridgehead atoms. The predicted molar refractivity (Wildman–Crippen MR) is 94.8 cm³/mol. The lowest BCUT2D eigenvalue weighted by Crippen LogP contribution is -1.95. The quantitative estimate of drug-likeness (QED) is 0.601. The number of aryl methyl sites for hydroxylation is 3. The molecule has 0 aromatic heterocycles. The van der Waals surface area contributed by atoms with E-state index in [0.29, 0.717) is 0 Å². The van der Waals surface area contributed by atoms with Crippen molar-refractivity contribution in [3.05, 3.63) is 65.2 Å². The zero-order valence-corrected chi connectivity index (χ0v) is 13.7. The minimum atomic E-state index is 0.959. The molecule has 0 N–H and O–H groups in total. The van der Waals surface area contributed by atoms with E-state index in [9.17, 15) is 0 Å². The van der Waals surface area contributed by atoms with Crippen molar-refractivity contribution in [1.29, 1.82) is 0 Å². The second kappa shape index (κ2) is 5.84. The Morgan fingerprint density at radius 3 is 2.14 bits per heavy atom. The summed E-state index contributed by atoms with van der Waals surface area (Å²) in [5, 5.41) is 2.55. The van der Waals surface area contributed by atoms with Crippen LogP contribution in [0, 0.1) is 13.8 Å². The van der Waals surface area contributed by atoms with Crippen molar-refractivity contribution >= 4 is 10.8 Å². The molecule has 0 aliphatic heterocycles. The third kappa shape index (κ3) is 2.48. The summed E-state index contributed by atoms with van der Waals surface area (Å²) in [6.45, 7) is 6.53. The second-order valence-corrected chi connectivity index (χ2v) is 5.85. The Kier molecular flexibility index (Phi) is 3.89. The summed E-state index contributed by atoms with van der Waals surface area (Å²) in [4.78, 5) is 0. The van der Waals surface area contributed by atoms with Gasteiger partial charge < -0.3 is 4.74 Å². The fourth-order valence-electron chi connectivity index (χ4n) is 3.13. The predicted octanol–water partition coefficient (Wildman–Crippen LogP) is 5.69. The third-order valence-electron chi connectivity index (χ3n) is 4.42. The molecule has 0 radical (unpaired) electrons. The van der Waals surface area contributed by atoms with Gasteiger partial charge in [0, 0.05) is 5.56 Å². The zero-order chi connectivity index (χ0) is 15.7. The molecule has 3 aromatic carbocycles. The molecule has 0 aliphatic carbocycles. The molecular weight excluding hydrogens is 268 g/mol. The molecule has 3 rings (SSSR count). The van der Waals surface area contributed by atoms with Crippen molar-refractivity contribution in [2.75, 3.05) is 7.11 Å². The first-order chi connectivity index (χ1) is 10.6. The van der Waals surface area contributed by atoms with Crippen LogP contribution in [-0.2, 0) is 6.42 Å². The van der Waals surface area contributed by atoms with Gasteiger partial charge in [-0.25, -0.2) is 0 Å². The van der Waals surface area contributed by atoms with Crippen LogP contribution < -0.4 is 4.74 Å². The van der Waals surface area contributed by atoms with E-state index in [-0.39, 0.29) is 0 Å². The highest BCUT2D eigenvalue weighted by Gasteiger charge is 2.12.